The van der Waals surface area contributed by atoms with Crippen molar-refractivity contribution in [3.8, 4) is 0 Å². The summed E-state index contributed by atoms with van der Waals surface area (Å²) < 4.78 is 5.55. The molecule has 156 valence electrons. The Bertz CT molecular complexity index is 664. The average Bonchev–Trinajstić information content (AvgIpc) is 3.00. The van der Waals surface area contributed by atoms with Crippen LogP contribution in [0.1, 0.15) is 59.3 Å². The molecule has 9 heteroatoms. The van der Waals surface area contributed by atoms with Crippen molar-refractivity contribution < 1.29 is 24.3 Å². The lowest BCUT2D eigenvalue weighted by Gasteiger charge is -2.40. The van der Waals surface area contributed by atoms with Gasteiger partial charge in [-0.05, 0) is 59.3 Å². The summed E-state index contributed by atoms with van der Waals surface area (Å²) in [6.07, 6.45) is 4.17. The maximum atomic E-state index is 12.8. The second-order valence-electron chi connectivity index (χ2n) is 9.48. The molecule has 4 aliphatic heterocycles. The minimum atomic E-state index is -0.526. The highest BCUT2D eigenvalue weighted by Crippen LogP contribution is 2.37. The number of fused-ring (bicyclic) bond motifs is 4. The Morgan fingerprint density at radius 3 is 2.29 bits per heavy atom. The Kier molecular flexibility index (Phi) is 4.68. The molecule has 0 aromatic rings. The molecule has 0 spiro atoms. The summed E-state index contributed by atoms with van der Waals surface area (Å²) in [7, 11) is 0. The largest absolute Gasteiger partial charge is 0.444 e. The normalized spacial score (nSPS) is 34.6. The molecule has 2 N–H and O–H groups in total. The monoisotopic (exact) mass is 394 g/mol. The summed E-state index contributed by atoms with van der Waals surface area (Å²) in [6.45, 7) is 5.99. The minimum absolute atomic E-state index is 0.00987. The van der Waals surface area contributed by atoms with E-state index >= 15 is 0 Å². The molecular formula is C19H30N4O5. The molecule has 0 aromatic carbocycles. The minimum Gasteiger partial charge on any atom is -0.444 e. The van der Waals surface area contributed by atoms with E-state index in [1.807, 2.05) is 25.7 Å². The van der Waals surface area contributed by atoms with Gasteiger partial charge >= 0.3 is 12.1 Å². The fourth-order valence-corrected chi connectivity index (χ4v) is 5.13. The summed E-state index contributed by atoms with van der Waals surface area (Å²) in [6, 6.07) is -1.06. The van der Waals surface area contributed by atoms with Crippen LogP contribution in [0.4, 0.5) is 9.59 Å². The zero-order chi connectivity index (χ0) is 20.2. The first-order chi connectivity index (χ1) is 13.1. The molecule has 28 heavy (non-hydrogen) atoms. The number of nitrogens with one attached hydrogen (secondary N) is 1. The van der Waals surface area contributed by atoms with Crippen molar-refractivity contribution in [1.82, 2.24) is 20.2 Å². The number of hydroxylamine groups is 2. The van der Waals surface area contributed by atoms with E-state index < -0.39 is 17.7 Å². The van der Waals surface area contributed by atoms with Crippen LogP contribution in [0.2, 0.25) is 0 Å². The van der Waals surface area contributed by atoms with Crippen LogP contribution < -0.4 is 5.32 Å². The van der Waals surface area contributed by atoms with Gasteiger partial charge in [-0.3, -0.25) is 10.0 Å². The Balaban J connectivity index is 1.36. The fourth-order valence-electron chi connectivity index (χ4n) is 5.13. The molecule has 0 radical (unpaired) electrons. The van der Waals surface area contributed by atoms with Gasteiger partial charge in [0, 0.05) is 24.7 Å². The molecule has 4 saturated heterocycles. The van der Waals surface area contributed by atoms with E-state index in [1.165, 1.54) is 4.90 Å². The third-order valence-electron chi connectivity index (χ3n) is 6.33. The van der Waals surface area contributed by atoms with Gasteiger partial charge in [-0.25, -0.2) is 14.7 Å². The van der Waals surface area contributed by atoms with Crippen LogP contribution in [0.3, 0.4) is 0 Å². The topological polar surface area (TPSA) is 102 Å². The van der Waals surface area contributed by atoms with Crippen molar-refractivity contribution in [2.45, 2.75) is 95.1 Å². The molecule has 4 amide bonds. The van der Waals surface area contributed by atoms with E-state index in [9.17, 15) is 19.6 Å². The molecule has 2 unspecified atom stereocenters. The van der Waals surface area contributed by atoms with Crippen LogP contribution in [0.5, 0.6) is 0 Å². The van der Waals surface area contributed by atoms with Crippen molar-refractivity contribution in [2.75, 3.05) is 6.54 Å². The summed E-state index contributed by atoms with van der Waals surface area (Å²) in [4.78, 5) is 40.8. The Morgan fingerprint density at radius 2 is 1.68 bits per heavy atom. The van der Waals surface area contributed by atoms with Crippen molar-refractivity contribution in [2.24, 2.45) is 0 Å². The van der Waals surface area contributed by atoms with Crippen molar-refractivity contribution in [1.29, 1.82) is 0 Å². The van der Waals surface area contributed by atoms with Crippen LogP contribution in [-0.4, -0.2) is 80.5 Å². The molecule has 0 aliphatic carbocycles. The quantitative estimate of drug-likeness (QED) is 0.694. The molecule has 4 fully saturated rings. The molecular weight excluding hydrogens is 364 g/mol. The fraction of sp³-hybridized carbons (Fsp3) is 0.842. The van der Waals surface area contributed by atoms with E-state index in [4.69, 9.17) is 4.74 Å². The predicted octanol–water partition coefficient (Wildman–Crippen LogP) is 1.69. The lowest BCUT2D eigenvalue weighted by molar-refractivity contribution is -0.127. The van der Waals surface area contributed by atoms with Gasteiger partial charge < -0.3 is 19.9 Å². The number of piperidine rings is 2. The average molecular weight is 394 g/mol. The summed E-state index contributed by atoms with van der Waals surface area (Å²) in [5.74, 6) is -0.155. The smallest absolute Gasteiger partial charge is 0.410 e. The lowest BCUT2D eigenvalue weighted by Crippen LogP contribution is -2.57. The summed E-state index contributed by atoms with van der Waals surface area (Å²) in [5.41, 5.74) is -0.525. The zero-order valence-corrected chi connectivity index (χ0v) is 16.8. The van der Waals surface area contributed by atoms with E-state index in [0.717, 1.165) is 17.9 Å². The highest BCUT2D eigenvalue weighted by atomic mass is 16.6. The molecule has 4 aliphatic rings. The zero-order valence-electron chi connectivity index (χ0n) is 16.8. The second kappa shape index (κ2) is 6.79. The number of rotatable bonds is 2. The number of carbonyl (C=O) groups excluding carboxylic acids is 3. The highest BCUT2D eigenvalue weighted by Gasteiger charge is 2.49. The Morgan fingerprint density at radius 1 is 1.07 bits per heavy atom. The molecule has 4 rings (SSSR count). The molecule has 4 heterocycles. The second-order valence-corrected chi connectivity index (χ2v) is 9.48. The van der Waals surface area contributed by atoms with E-state index in [1.54, 1.807) is 0 Å². The highest BCUT2D eigenvalue weighted by molar-refractivity contribution is 5.88. The third kappa shape index (κ3) is 3.40. The number of ether oxygens (including phenoxy) is 1. The van der Waals surface area contributed by atoms with Crippen molar-refractivity contribution in [3.63, 3.8) is 0 Å². The Hall–Kier alpha value is -2.03. The standard InChI is InChI=1S/C19H30N4O5/c1-19(2,3)28-18(26)22-12-4-5-13(22)9-11(8-12)20-16(24)15-7-6-14-10-21(15)17(25)23(14)27/h11-15,27H,4-10H2,1-3H3,(H,20,24)/t11?,12?,13?,14-,15+/m1/s1. The lowest BCUT2D eigenvalue weighted by atomic mass is 9.96. The van der Waals surface area contributed by atoms with Crippen LogP contribution in [0.25, 0.3) is 0 Å². The molecule has 0 saturated carbocycles. The van der Waals surface area contributed by atoms with E-state index in [2.05, 4.69) is 5.32 Å². The van der Waals surface area contributed by atoms with Gasteiger partial charge in [0.15, 0.2) is 0 Å². The predicted molar refractivity (Wildman–Crippen MR) is 98.6 cm³/mol. The van der Waals surface area contributed by atoms with Gasteiger partial charge in [0.25, 0.3) is 0 Å². The first-order valence-corrected chi connectivity index (χ1v) is 10.2. The summed E-state index contributed by atoms with van der Waals surface area (Å²) >= 11 is 0. The van der Waals surface area contributed by atoms with Crippen LogP contribution >= 0.6 is 0 Å². The molecule has 9 nitrogen and oxygen atoms in total. The number of hydrogen-bond acceptors (Lipinski definition) is 5. The van der Waals surface area contributed by atoms with E-state index in [-0.39, 0.29) is 36.2 Å². The molecule has 4 bridgehead atoms. The molecule has 4 atom stereocenters. The molecule has 0 aromatic heterocycles. The van der Waals surface area contributed by atoms with Crippen molar-refractivity contribution >= 4 is 18.0 Å². The maximum Gasteiger partial charge on any atom is 0.410 e. The summed E-state index contributed by atoms with van der Waals surface area (Å²) in [5, 5.41) is 13.6. The van der Waals surface area contributed by atoms with Gasteiger partial charge in [-0.1, -0.05) is 0 Å². The van der Waals surface area contributed by atoms with E-state index in [0.29, 0.717) is 32.2 Å². The van der Waals surface area contributed by atoms with Crippen LogP contribution in [0, 0.1) is 0 Å². The number of nitrogens with zero attached hydrogens (tertiary/aromatic N) is 3. The van der Waals surface area contributed by atoms with Crippen LogP contribution in [0.15, 0.2) is 0 Å². The first-order valence-electron chi connectivity index (χ1n) is 10.2. The number of amides is 4. The Labute approximate surface area is 164 Å². The van der Waals surface area contributed by atoms with Gasteiger partial charge in [0.2, 0.25) is 5.91 Å². The van der Waals surface area contributed by atoms with Crippen LogP contribution in [-0.2, 0) is 9.53 Å². The SMILES string of the molecule is CC(C)(C)OC(=O)N1C2CCC1CC(NC(=O)[C@@H]1CC[C@@H]3CN1C(=O)N3O)C2. The van der Waals surface area contributed by atoms with Gasteiger partial charge in [0.1, 0.15) is 11.6 Å². The third-order valence-corrected chi connectivity index (χ3v) is 6.33. The number of urea groups is 1. The number of carbonyl (C=O) groups is 3. The van der Waals surface area contributed by atoms with Gasteiger partial charge in [-0.2, -0.15) is 0 Å². The maximum absolute atomic E-state index is 12.8. The van der Waals surface area contributed by atoms with Gasteiger partial charge in [-0.15, -0.1) is 0 Å². The van der Waals surface area contributed by atoms with Crippen molar-refractivity contribution in [3.05, 3.63) is 0 Å². The number of hydrogen-bond donors (Lipinski definition) is 2. The first kappa shape index (κ1) is 19.3. The van der Waals surface area contributed by atoms with Gasteiger partial charge in [0.05, 0.1) is 6.04 Å².